The SMILES string of the molecule is CCCN(CC(F)(F)F)C(=O)c1cccc(S(=O)(=O)N(C)c2cccc(Cl)c2)c1. The third-order valence-electron chi connectivity index (χ3n) is 4.06. The number of carbonyl (C=O) groups excluding carboxylic acids is 1. The average Bonchev–Trinajstić information content (AvgIpc) is 2.65. The molecule has 10 heteroatoms. The van der Waals surface area contributed by atoms with Crippen molar-refractivity contribution in [2.75, 3.05) is 24.4 Å². The summed E-state index contributed by atoms with van der Waals surface area (Å²) in [4.78, 5) is 13.0. The number of carbonyl (C=O) groups is 1. The monoisotopic (exact) mass is 448 g/mol. The summed E-state index contributed by atoms with van der Waals surface area (Å²) in [7, 11) is -2.73. The summed E-state index contributed by atoms with van der Waals surface area (Å²) in [6.45, 7) is 0.147. The van der Waals surface area contributed by atoms with Crippen molar-refractivity contribution < 1.29 is 26.4 Å². The minimum absolute atomic E-state index is 0.0995. The van der Waals surface area contributed by atoms with E-state index in [4.69, 9.17) is 11.6 Å². The Bertz CT molecular complexity index is 981. The van der Waals surface area contributed by atoms with Crippen LogP contribution in [0.1, 0.15) is 23.7 Å². The number of halogens is 4. The zero-order valence-corrected chi connectivity index (χ0v) is 17.4. The van der Waals surface area contributed by atoms with Crippen LogP contribution in [0, 0.1) is 0 Å². The first-order valence-corrected chi connectivity index (χ1v) is 10.5. The lowest BCUT2D eigenvalue weighted by Gasteiger charge is -2.24. The van der Waals surface area contributed by atoms with Crippen LogP contribution in [0.15, 0.2) is 53.4 Å². The van der Waals surface area contributed by atoms with Gasteiger partial charge in [-0.15, -0.1) is 0 Å². The molecule has 0 aliphatic heterocycles. The molecule has 1 amide bonds. The Labute approximate surface area is 172 Å². The van der Waals surface area contributed by atoms with Gasteiger partial charge in [-0.3, -0.25) is 9.10 Å². The molecule has 158 valence electrons. The number of hydrogen-bond donors (Lipinski definition) is 0. The number of rotatable bonds is 7. The highest BCUT2D eigenvalue weighted by Crippen LogP contribution is 2.26. The van der Waals surface area contributed by atoms with Crippen molar-refractivity contribution in [1.82, 2.24) is 4.90 Å². The molecule has 2 aromatic carbocycles. The van der Waals surface area contributed by atoms with Gasteiger partial charge >= 0.3 is 6.18 Å². The smallest absolute Gasteiger partial charge is 0.330 e. The maximum Gasteiger partial charge on any atom is 0.406 e. The summed E-state index contributed by atoms with van der Waals surface area (Å²) < 4.78 is 65.2. The molecule has 0 saturated carbocycles. The van der Waals surface area contributed by atoms with E-state index in [1.54, 1.807) is 25.1 Å². The molecule has 0 radical (unpaired) electrons. The van der Waals surface area contributed by atoms with Gasteiger partial charge in [0, 0.05) is 24.2 Å². The Morgan fingerprint density at radius 1 is 1.10 bits per heavy atom. The van der Waals surface area contributed by atoms with E-state index in [9.17, 15) is 26.4 Å². The van der Waals surface area contributed by atoms with E-state index in [1.807, 2.05) is 0 Å². The summed E-state index contributed by atoms with van der Waals surface area (Å²) in [6.07, 6.45) is -4.22. The standard InChI is InChI=1S/C19H20ClF3N2O3S/c1-3-10-25(13-19(21,22)23)18(26)14-6-4-9-17(11-14)29(27,28)24(2)16-8-5-7-15(20)12-16/h4-9,11-12H,3,10,13H2,1-2H3. The van der Waals surface area contributed by atoms with Gasteiger partial charge in [-0.2, -0.15) is 13.2 Å². The lowest BCUT2D eigenvalue weighted by Crippen LogP contribution is -2.39. The van der Waals surface area contributed by atoms with Gasteiger partial charge in [0.15, 0.2) is 0 Å². The minimum atomic E-state index is -4.55. The van der Waals surface area contributed by atoms with Crippen LogP contribution in [0.25, 0.3) is 0 Å². The van der Waals surface area contributed by atoms with E-state index in [0.717, 1.165) is 10.4 Å². The zero-order valence-electron chi connectivity index (χ0n) is 15.8. The van der Waals surface area contributed by atoms with Crippen LogP contribution >= 0.6 is 11.6 Å². The molecule has 0 saturated heterocycles. The second-order valence-corrected chi connectivity index (χ2v) is 8.73. The molecule has 0 atom stereocenters. The molecule has 0 N–H and O–H groups in total. The molecule has 5 nitrogen and oxygen atoms in total. The molecular formula is C19H20ClF3N2O3S. The maximum absolute atomic E-state index is 12.9. The fourth-order valence-electron chi connectivity index (χ4n) is 2.68. The van der Waals surface area contributed by atoms with Gasteiger partial charge in [-0.25, -0.2) is 8.42 Å². The Kier molecular flexibility index (Phi) is 7.18. The van der Waals surface area contributed by atoms with Gasteiger partial charge in [0.25, 0.3) is 15.9 Å². The van der Waals surface area contributed by atoms with Crippen LogP contribution in [0.5, 0.6) is 0 Å². The zero-order chi connectivity index (χ0) is 21.8. The van der Waals surface area contributed by atoms with Crippen molar-refractivity contribution >= 4 is 33.2 Å². The predicted octanol–water partition coefficient (Wildman–Crippen LogP) is 4.58. The van der Waals surface area contributed by atoms with Crippen molar-refractivity contribution in [3.63, 3.8) is 0 Å². The number of amides is 1. The highest BCUT2D eigenvalue weighted by molar-refractivity contribution is 7.92. The molecule has 0 heterocycles. The van der Waals surface area contributed by atoms with Crippen LogP contribution in [0.4, 0.5) is 18.9 Å². The second-order valence-electron chi connectivity index (χ2n) is 6.32. The van der Waals surface area contributed by atoms with Crippen LogP contribution in [-0.4, -0.2) is 45.5 Å². The van der Waals surface area contributed by atoms with Gasteiger partial charge < -0.3 is 4.90 Å². The summed E-state index contributed by atoms with van der Waals surface area (Å²) in [5, 5.41) is 0.343. The fraction of sp³-hybridized carbons (Fsp3) is 0.316. The van der Waals surface area contributed by atoms with Crippen LogP contribution in [0.3, 0.4) is 0 Å². The van der Waals surface area contributed by atoms with Crippen LogP contribution < -0.4 is 4.31 Å². The number of anilines is 1. The second kappa shape index (κ2) is 9.04. The summed E-state index contributed by atoms with van der Waals surface area (Å²) in [6, 6.07) is 11.2. The molecule has 29 heavy (non-hydrogen) atoms. The van der Waals surface area contributed by atoms with Crippen molar-refractivity contribution in [3.05, 3.63) is 59.1 Å². The molecule has 2 aromatic rings. The van der Waals surface area contributed by atoms with Crippen LogP contribution in [-0.2, 0) is 10.0 Å². The van der Waals surface area contributed by atoms with Gasteiger partial charge in [-0.1, -0.05) is 30.7 Å². The first-order chi connectivity index (χ1) is 13.5. The van der Waals surface area contributed by atoms with Gasteiger partial charge in [0.1, 0.15) is 6.54 Å². The molecule has 0 aliphatic rings. The Hall–Kier alpha value is -2.26. The van der Waals surface area contributed by atoms with Gasteiger partial charge in [0.05, 0.1) is 10.6 Å². The van der Waals surface area contributed by atoms with E-state index in [1.165, 1.54) is 31.3 Å². The minimum Gasteiger partial charge on any atom is -0.330 e. The summed E-state index contributed by atoms with van der Waals surface area (Å²) >= 11 is 5.91. The molecule has 0 aromatic heterocycles. The number of hydrogen-bond acceptors (Lipinski definition) is 3. The maximum atomic E-state index is 12.9. The first-order valence-electron chi connectivity index (χ1n) is 8.66. The number of sulfonamides is 1. The van der Waals surface area contributed by atoms with Crippen LogP contribution in [0.2, 0.25) is 5.02 Å². The molecule has 0 unspecified atom stereocenters. The number of nitrogens with zero attached hydrogens (tertiary/aromatic N) is 2. The topological polar surface area (TPSA) is 57.7 Å². The third kappa shape index (κ3) is 5.86. The summed E-state index contributed by atoms with van der Waals surface area (Å²) in [5.74, 6) is -0.883. The lowest BCUT2D eigenvalue weighted by atomic mass is 10.2. The number of benzene rings is 2. The Morgan fingerprint density at radius 3 is 2.34 bits per heavy atom. The predicted molar refractivity (Wildman–Crippen MR) is 106 cm³/mol. The average molecular weight is 449 g/mol. The molecule has 0 bridgehead atoms. The van der Waals surface area contributed by atoms with E-state index in [-0.39, 0.29) is 17.0 Å². The van der Waals surface area contributed by atoms with E-state index in [0.29, 0.717) is 22.0 Å². The normalized spacial score (nSPS) is 11.9. The van der Waals surface area contributed by atoms with Gasteiger partial charge in [0.2, 0.25) is 0 Å². The molecule has 0 fully saturated rings. The Balaban J connectivity index is 2.37. The largest absolute Gasteiger partial charge is 0.406 e. The molecule has 2 rings (SSSR count). The highest BCUT2D eigenvalue weighted by atomic mass is 35.5. The molecule has 0 spiro atoms. The van der Waals surface area contributed by atoms with Crippen molar-refractivity contribution in [2.45, 2.75) is 24.4 Å². The van der Waals surface area contributed by atoms with E-state index >= 15 is 0 Å². The van der Waals surface area contributed by atoms with Gasteiger partial charge in [-0.05, 0) is 42.8 Å². The number of alkyl halides is 3. The lowest BCUT2D eigenvalue weighted by molar-refractivity contribution is -0.140. The van der Waals surface area contributed by atoms with Crippen molar-refractivity contribution in [2.24, 2.45) is 0 Å². The van der Waals surface area contributed by atoms with E-state index < -0.39 is 28.7 Å². The molecular weight excluding hydrogens is 429 g/mol. The first kappa shape index (κ1) is 23.0. The third-order valence-corrected chi connectivity index (χ3v) is 6.08. The highest BCUT2D eigenvalue weighted by Gasteiger charge is 2.33. The quantitative estimate of drug-likeness (QED) is 0.623. The fourth-order valence-corrected chi connectivity index (χ4v) is 4.10. The van der Waals surface area contributed by atoms with E-state index in [2.05, 4.69) is 0 Å². The Morgan fingerprint density at radius 2 is 1.76 bits per heavy atom. The van der Waals surface area contributed by atoms with Crippen molar-refractivity contribution in [3.8, 4) is 0 Å². The van der Waals surface area contributed by atoms with Crippen molar-refractivity contribution in [1.29, 1.82) is 0 Å². The summed E-state index contributed by atoms with van der Waals surface area (Å²) in [5.41, 5.74) is 0.169. The molecule has 0 aliphatic carbocycles.